The summed E-state index contributed by atoms with van der Waals surface area (Å²) in [5.41, 5.74) is 6.30. The molecular weight excluding hydrogens is 147 g/mol. The molecule has 0 unspecified atom stereocenters. The summed E-state index contributed by atoms with van der Waals surface area (Å²) in [5.74, 6) is -0.553. The average molecular weight is 152 g/mol. The maximum atomic E-state index is 12.4. The summed E-state index contributed by atoms with van der Waals surface area (Å²) in [5, 5.41) is 3.48. The van der Waals surface area contributed by atoms with Crippen LogP contribution in [0.1, 0.15) is 0 Å². The third-order valence-electron chi connectivity index (χ3n) is 1.30. The summed E-state index contributed by atoms with van der Waals surface area (Å²) in [6, 6.07) is 1.24. The minimum atomic E-state index is -0.553. The number of hydrogen-bond acceptors (Lipinski definition) is 3. The van der Waals surface area contributed by atoms with Crippen LogP contribution in [0, 0.1) is 5.95 Å². The van der Waals surface area contributed by atoms with Crippen molar-refractivity contribution in [2.24, 2.45) is 0 Å². The van der Waals surface area contributed by atoms with Gasteiger partial charge in [-0.1, -0.05) is 0 Å². The molecule has 56 valence electrons. The standard InChI is InChI=1S/C6H5FN4/c7-5-1-6-9-2-4(8)3-11(6)10-5/h1-3H,8H2. The fraction of sp³-hybridized carbons (Fsp3) is 0. The number of nitrogens with two attached hydrogens (primary N) is 1. The third kappa shape index (κ3) is 0.899. The molecule has 0 radical (unpaired) electrons. The maximum absolute atomic E-state index is 12.4. The molecule has 2 aromatic rings. The number of anilines is 1. The fourth-order valence-electron chi connectivity index (χ4n) is 0.862. The monoisotopic (exact) mass is 152 g/mol. The first-order valence-corrected chi connectivity index (χ1v) is 3.02. The Morgan fingerprint density at radius 2 is 2.36 bits per heavy atom. The van der Waals surface area contributed by atoms with Crippen LogP contribution in [0.4, 0.5) is 10.1 Å². The molecule has 0 spiro atoms. The zero-order valence-electron chi connectivity index (χ0n) is 5.53. The molecule has 4 nitrogen and oxygen atoms in total. The van der Waals surface area contributed by atoms with Gasteiger partial charge < -0.3 is 5.73 Å². The molecule has 0 aromatic carbocycles. The van der Waals surface area contributed by atoms with Gasteiger partial charge in [-0.05, 0) is 0 Å². The minimum Gasteiger partial charge on any atom is -0.396 e. The van der Waals surface area contributed by atoms with Gasteiger partial charge in [-0.25, -0.2) is 9.50 Å². The Morgan fingerprint density at radius 1 is 1.55 bits per heavy atom. The molecule has 0 amide bonds. The molecule has 0 saturated heterocycles. The van der Waals surface area contributed by atoms with Gasteiger partial charge in [-0.3, -0.25) is 0 Å². The lowest BCUT2D eigenvalue weighted by atomic mass is 10.5. The van der Waals surface area contributed by atoms with Gasteiger partial charge in [-0.15, -0.1) is 5.10 Å². The van der Waals surface area contributed by atoms with Gasteiger partial charge in [0.05, 0.1) is 18.1 Å². The van der Waals surface area contributed by atoms with E-state index in [0.717, 1.165) is 0 Å². The van der Waals surface area contributed by atoms with Crippen molar-refractivity contribution >= 4 is 11.3 Å². The van der Waals surface area contributed by atoms with Crippen molar-refractivity contribution in [3.8, 4) is 0 Å². The van der Waals surface area contributed by atoms with Gasteiger partial charge in [0.1, 0.15) is 0 Å². The van der Waals surface area contributed by atoms with Crippen LogP contribution in [0.2, 0.25) is 0 Å². The third-order valence-corrected chi connectivity index (χ3v) is 1.30. The van der Waals surface area contributed by atoms with Gasteiger partial charge >= 0.3 is 0 Å². The van der Waals surface area contributed by atoms with E-state index in [-0.39, 0.29) is 0 Å². The quantitative estimate of drug-likeness (QED) is 0.596. The number of fused-ring (bicyclic) bond motifs is 1. The van der Waals surface area contributed by atoms with Crippen LogP contribution < -0.4 is 5.73 Å². The van der Waals surface area contributed by atoms with Gasteiger partial charge in [-0.2, -0.15) is 4.39 Å². The first-order chi connectivity index (χ1) is 5.25. The Kier molecular flexibility index (Phi) is 1.06. The van der Waals surface area contributed by atoms with Gasteiger partial charge in [0, 0.05) is 6.07 Å². The van der Waals surface area contributed by atoms with Crippen LogP contribution >= 0.6 is 0 Å². The largest absolute Gasteiger partial charge is 0.396 e. The Balaban J connectivity index is 2.82. The van der Waals surface area contributed by atoms with Crippen LogP contribution in [-0.4, -0.2) is 14.6 Å². The van der Waals surface area contributed by atoms with Crippen LogP contribution in [-0.2, 0) is 0 Å². The SMILES string of the molecule is Nc1cnc2cc(F)nn2c1. The van der Waals surface area contributed by atoms with Crippen molar-refractivity contribution in [3.63, 3.8) is 0 Å². The molecule has 2 aromatic heterocycles. The molecule has 11 heavy (non-hydrogen) atoms. The van der Waals surface area contributed by atoms with Crippen molar-refractivity contribution in [3.05, 3.63) is 24.4 Å². The number of nitrogen functional groups attached to an aromatic ring is 1. The number of nitrogens with zero attached hydrogens (tertiary/aromatic N) is 3. The van der Waals surface area contributed by atoms with E-state index in [9.17, 15) is 4.39 Å². The van der Waals surface area contributed by atoms with E-state index in [1.807, 2.05) is 0 Å². The van der Waals surface area contributed by atoms with Crippen molar-refractivity contribution < 1.29 is 4.39 Å². The molecule has 2 heterocycles. The summed E-state index contributed by atoms with van der Waals surface area (Å²) in [4.78, 5) is 3.84. The lowest BCUT2D eigenvalue weighted by Crippen LogP contribution is -1.93. The maximum Gasteiger partial charge on any atom is 0.235 e. The lowest BCUT2D eigenvalue weighted by Gasteiger charge is -1.91. The zero-order chi connectivity index (χ0) is 7.84. The van der Waals surface area contributed by atoms with Crippen molar-refractivity contribution in [2.45, 2.75) is 0 Å². The Hall–Kier alpha value is -1.65. The van der Waals surface area contributed by atoms with E-state index in [0.29, 0.717) is 11.3 Å². The number of aromatic nitrogens is 3. The van der Waals surface area contributed by atoms with E-state index in [2.05, 4.69) is 10.1 Å². The van der Waals surface area contributed by atoms with E-state index in [1.54, 1.807) is 0 Å². The molecule has 0 aliphatic rings. The number of rotatable bonds is 0. The molecule has 0 fully saturated rings. The van der Waals surface area contributed by atoms with E-state index in [4.69, 9.17) is 5.73 Å². The lowest BCUT2D eigenvalue weighted by molar-refractivity contribution is 0.571. The summed E-state index contributed by atoms with van der Waals surface area (Å²) in [7, 11) is 0. The van der Waals surface area contributed by atoms with E-state index in [1.165, 1.54) is 23.0 Å². The Morgan fingerprint density at radius 3 is 3.18 bits per heavy atom. The number of halogens is 1. The number of hydrogen-bond donors (Lipinski definition) is 1. The van der Waals surface area contributed by atoms with Gasteiger partial charge in [0.25, 0.3) is 0 Å². The van der Waals surface area contributed by atoms with Crippen LogP contribution in [0.5, 0.6) is 0 Å². The van der Waals surface area contributed by atoms with Crippen molar-refractivity contribution in [1.82, 2.24) is 14.6 Å². The smallest absolute Gasteiger partial charge is 0.235 e. The molecule has 0 bridgehead atoms. The minimum absolute atomic E-state index is 0.455. The molecule has 2 N–H and O–H groups in total. The van der Waals surface area contributed by atoms with E-state index < -0.39 is 5.95 Å². The molecule has 5 heteroatoms. The van der Waals surface area contributed by atoms with Gasteiger partial charge in [0.15, 0.2) is 5.65 Å². The molecule has 0 saturated carbocycles. The average Bonchev–Trinajstić information content (AvgIpc) is 2.27. The second kappa shape index (κ2) is 1.91. The Labute approximate surface area is 61.5 Å². The molecular formula is C6H5FN4. The predicted molar refractivity (Wildman–Crippen MR) is 37.4 cm³/mol. The normalized spacial score (nSPS) is 10.6. The first-order valence-electron chi connectivity index (χ1n) is 3.02. The molecule has 0 aliphatic carbocycles. The highest BCUT2D eigenvalue weighted by Crippen LogP contribution is 2.04. The molecule has 0 atom stereocenters. The van der Waals surface area contributed by atoms with Crippen molar-refractivity contribution in [1.29, 1.82) is 0 Å². The Bertz CT molecular complexity index is 394. The molecule has 2 rings (SSSR count). The van der Waals surface area contributed by atoms with Crippen LogP contribution in [0.3, 0.4) is 0 Å². The summed E-state index contributed by atoms with van der Waals surface area (Å²) >= 11 is 0. The topological polar surface area (TPSA) is 56.2 Å². The highest BCUT2D eigenvalue weighted by Gasteiger charge is 1.99. The van der Waals surface area contributed by atoms with Crippen molar-refractivity contribution in [2.75, 3.05) is 5.73 Å². The highest BCUT2D eigenvalue weighted by atomic mass is 19.1. The summed E-state index contributed by atoms with van der Waals surface area (Å²) in [6.07, 6.45) is 2.96. The van der Waals surface area contributed by atoms with Crippen LogP contribution in [0.25, 0.3) is 5.65 Å². The van der Waals surface area contributed by atoms with E-state index >= 15 is 0 Å². The second-order valence-corrected chi connectivity index (χ2v) is 2.16. The molecule has 0 aliphatic heterocycles. The van der Waals surface area contributed by atoms with Gasteiger partial charge in [0.2, 0.25) is 5.95 Å². The van der Waals surface area contributed by atoms with Crippen LogP contribution in [0.15, 0.2) is 18.5 Å². The predicted octanol–water partition coefficient (Wildman–Crippen LogP) is 0.451. The first kappa shape index (κ1) is 6.09. The summed E-state index contributed by atoms with van der Waals surface area (Å²) < 4.78 is 13.7. The fourth-order valence-corrected chi connectivity index (χ4v) is 0.862. The summed E-state index contributed by atoms with van der Waals surface area (Å²) in [6.45, 7) is 0. The second-order valence-electron chi connectivity index (χ2n) is 2.16. The highest BCUT2D eigenvalue weighted by molar-refractivity contribution is 5.42. The zero-order valence-corrected chi connectivity index (χ0v) is 5.53.